The lowest BCUT2D eigenvalue weighted by atomic mass is 10.2. The highest BCUT2D eigenvalue weighted by Gasteiger charge is 2.16. The van der Waals surface area contributed by atoms with E-state index in [1.807, 2.05) is 41.8 Å². The third kappa shape index (κ3) is 5.51. The zero-order valence-electron chi connectivity index (χ0n) is 16.2. The summed E-state index contributed by atoms with van der Waals surface area (Å²) in [5.74, 6) is -0.997. The minimum Gasteiger partial charge on any atom is -0.451 e. The lowest BCUT2D eigenvalue weighted by Crippen LogP contribution is -2.35. The van der Waals surface area contributed by atoms with Gasteiger partial charge >= 0.3 is 5.97 Å². The summed E-state index contributed by atoms with van der Waals surface area (Å²) in [4.78, 5) is 31.9. The molecule has 0 atom stereocenters. The van der Waals surface area contributed by atoms with Gasteiger partial charge in [-0.15, -0.1) is 22.7 Å². The Balaban J connectivity index is 1.24. The van der Waals surface area contributed by atoms with Crippen molar-refractivity contribution in [1.82, 2.24) is 9.88 Å². The van der Waals surface area contributed by atoms with Crippen LogP contribution >= 0.6 is 22.7 Å². The van der Waals surface area contributed by atoms with Crippen molar-refractivity contribution < 1.29 is 19.1 Å². The molecule has 1 aliphatic heterocycles. The van der Waals surface area contributed by atoms with Gasteiger partial charge in [-0.1, -0.05) is 18.2 Å². The van der Waals surface area contributed by atoms with E-state index in [0.717, 1.165) is 42.7 Å². The van der Waals surface area contributed by atoms with Crippen LogP contribution in [0.25, 0.3) is 9.88 Å². The van der Waals surface area contributed by atoms with Crippen LogP contribution in [0, 0.1) is 0 Å². The van der Waals surface area contributed by atoms with Gasteiger partial charge in [0, 0.05) is 30.7 Å². The predicted octanol–water partition coefficient (Wildman–Crippen LogP) is 3.50. The van der Waals surface area contributed by atoms with E-state index in [1.165, 1.54) is 16.9 Å². The van der Waals surface area contributed by atoms with Gasteiger partial charge in [-0.25, -0.2) is 9.78 Å². The third-order valence-corrected chi connectivity index (χ3v) is 6.41. The molecule has 9 heteroatoms. The zero-order chi connectivity index (χ0) is 20.8. The average molecular weight is 444 g/mol. The number of carbonyl (C=O) groups is 2. The van der Waals surface area contributed by atoms with E-state index in [0.29, 0.717) is 5.69 Å². The number of amides is 1. The summed E-state index contributed by atoms with van der Waals surface area (Å²) >= 11 is 2.93. The number of hydrogen-bond donors (Lipinski definition) is 1. The molecule has 3 aromatic rings. The minimum absolute atomic E-state index is 0.212. The predicted molar refractivity (Wildman–Crippen MR) is 117 cm³/mol. The Kier molecular flexibility index (Phi) is 6.85. The number of nitrogens with one attached hydrogen (secondary N) is 1. The molecule has 0 bridgehead atoms. The van der Waals surface area contributed by atoms with Crippen LogP contribution in [0.2, 0.25) is 0 Å². The Morgan fingerprint density at radius 1 is 1.13 bits per heavy atom. The maximum atomic E-state index is 12.2. The molecule has 30 heavy (non-hydrogen) atoms. The molecule has 0 radical (unpaired) electrons. The summed E-state index contributed by atoms with van der Waals surface area (Å²) in [6, 6.07) is 11.5. The van der Waals surface area contributed by atoms with E-state index < -0.39 is 11.9 Å². The number of anilines is 1. The summed E-state index contributed by atoms with van der Waals surface area (Å²) in [7, 11) is 0. The van der Waals surface area contributed by atoms with Crippen molar-refractivity contribution in [1.29, 1.82) is 0 Å². The largest absolute Gasteiger partial charge is 0.451 e. The van der Waals surface area contributed by atoms with E-state index in [4.69, 9.17) is 9.47 Å². The number of aromatic nitrogens is 1. The molecule has 1 aromatic carbocycles. The van der Waals surface area contributed by atoms with Gasteiger partial charge in [-0.05, 0) is 29.1 Å². The van der Waals surface area contributed by atoms with Crippen LogP contribution in [0.3, 0.4) is 0 Å². The van der Waals surface area contributed by atoms with Gasteiger partial charge in [0.05, 0.1) is 18.1 Å². The summed E-state index contributed by atoms with van der Waals surface area (Å²) in [6.07, 6.45) is 0. The van der Waals surface area contributed by atoms with Crippen molar-refractivity contribution in [3.05, 3.63) is 58.4 Å². The van der Waals surface area contributed by atoms with Crippen LogP contribution < -0.4 is 5.32 Å². The Morgan fingerprint density at radius 2 is 1.93 bits per heavy atom. The molecule has 1 fully saturated rings. The molecule has 0 aliphatic carbocycles. The average Bonchev–Trinajstić information content (AvgIpc) is 3.46. The van der Waals surface area contributed by atoms with E-state index in [9.17, 15) is 9.59 Å². The van der Waals surface area contributed by atoms with E-state index in [1.54, 1.807) is 16.7 Å². The Hall–Kier alpha value is -2.59. The number of rotatable bonds is 7. The maximum absolute atomic E-state index is 12.2. The number of carbonyl (C=O) groups excluding carboxylic acids is 2. The van der Waals surface area contributed by atoms with Gasteiger partial charge in [-0.3, -0.25) is 9.69 Å². The topological polar surface area (TPSA) is 80.8 Å². The van der Waals surface area contributed by atoms with Gasteiger partial charge < -0.3 is 14.8 Å². The van der Waals surface area contributed by atoms with Crippen molar-refractivity contribution in [2.75, 3.05) is 38.2 Å². The Bertz CT molecular complexity index is 980. The standard InChI is InChI=1S/C21H21N3O4S2/c25-19(13-28-21(26)17-14-30-20(23-17)18-2-1-11-29-18)22-16-5-3-15(4-6-16)12-24-7-9-27-10-8-24/h1-6,11,14H,7-10,12-13H2,(H,22,25). The Labute approximate surface area is 182 Å². The first-order chi connectivity index (χ1) is 14.7. The number of ether oxygens (including phenoxy) is 2. The highest BCUT2D eigenvalue weighted by Crippen LogP contribution is 2.27. The second kappa shape index (κ2) is 9.94. The SMILES string of the molecule is O=C(COC(=O)c1csc(-c2cccs2)n1)Nc1ccc(CN2CCOCC2)cc1. The van der Waals surface area contributed by atoms with Crippen LogP contribution in [-0.4, -0.2) is 54.7 Å². The number of morpholine rings is 1. The van der Waals surface area contributed by atoms with Gasteiger partial charge in [0.25, 0.3) is 5.91 Å². The summed E-state index contributed by atoms with van der Waals surface area (Å²) in [6.45, 7) is 3.89. The number of benzene rings is 1. The summed E-state index contributed by atoms with van der Waals surface area (Å²) in [5, 5.41) is 7.10. The van der Waals surface area contributed by atoms with Crippen LogP contribution in [0.15, 0.2) is 47.2 Å². The monoisotopic (exact) mass is 443 g/mol. The first kappa shape index (κ1) is 20.7. The lowest BCUT2D eigenvalue weighted by molar-refractivity contribution is -0.119. The third-order valence-electron chi connectivity index (χ3n) is 4.53. The number of esters is 1. The normalized spacial score (nSPS) is 14.4. The van der Waals surface area contributed by atoms with Gasteiger partial charge in [0.2, 0.25) is 0 Å². The molecule has 156 valence electrons. The zero-order valence-corrected chi connectivity index (χ0v) is 17.8. The van der Waals surface area contributed by atoms with Crippen molar-refractivity contribution in [3.63, 3.8) is 0 Å². The fourth-order valence-corrected chi connectivity index (χ4v) is 4.60. The maximum Gasteiger partial charge on any atom is 0.358 e. The second-order valence-corrected chi connectivity index (χ2v) is 8.53. The number of nitrogens with zero attached hydrogens (tertiary/aromatic N) is 2. The van der Waals surface area contributed by atoms with E-state index in [2.05, 4.69) is 15.2 Å². The van der Waals surface area contributed by atoms with Crippen LogP contribution in [0.5, 0.6) is 0 Å². The molecule has 1 saturated heterocycles. The Morgan fingerprint density at radius 3 is 2.67 bits per heavy atom. The quantitative estimate of drug-likeness (QED) is 0.563. The first-order valence-corrected chi connectivity index (χ1v) is 11.3. The molecule has 0 unspecified atom stereocenters. The second-order valence-electron chi connectivity index (χ2n) is 6.72. The molecule has 7 nitrogen and oxygen atoms in total. The molecule has 4 rings (SSSR count). The molecule has 1 amide bonds. The molecule has 1 aliphatic rings. The van der Waals surface area contributed by atoms with Gasteiger partial charge in [0.15, 0.2) is 12.3 Å². The highest BCUT2D eigenvalue weighted by atomic mass is 32.1. The van der Waals surface area contributed by atoms with E-state index >= 15 is 0 Å². The van der Waals surface area contributed by atoms with Crippen molar-refractivity contribution in [2.45, 2.75) is 6.54 Å². The minimum atomic E-state index is -0.606. The van der Waals surface area contributed by atoms with Crippen molar-refractivity contribution >= 4 is 40.2 Å². The van der Waals surface area contributed by atoms with Gasteiger partial charge in [-0.2, -0.15) is 0 Å². The number of hydrogen-bond acceptors (Lipinski definition) is 8. The van der Waals surface area contributed by atoms with E-state index in [-0.39, 0.29) is 12.3 Å². The van der Waals surface area contributed by atoms with Crippen LogP contribution in [0.4, 0.5) is 5.69 Å². The summed E-state index contributed by atoms with van der Waals surface area (Å²) in [5.41, 5.74) is 2.05. The molecule has 0 spiro atoms. The summed E-state index contributed by atoms with van der Waals surface area (Å²) < 4.78 is 10.5. The fraction of sp³-hybridized carbons (Fsp3) is 0.286. The molecule has 0 saturated carbocycles. The molecular weight excluding hydrogens is 422 g/mol. The highest BCUT2D eigenvalue weighted by molar-refractivity contribution is 7.20. The number of thiazole rings is 1. The number of thiophene rings is 1. The first-order valence-electron chi connectivity index (χ1n) is 9.53. The molecular formula is C21H21N3O4S2. The van der Waals surface area contributed by atoms with Crippen molar-refractivity contribution in [3.8, 4) is 9.88 Å². The van der Waals surface area contributed by atoms with Crippen LogP contribution in [0.1, 0.15) is 16.1 Å². The smallest absolute Gasteiger partial charge is 0.358 e. The van der Waals surface area contributed by atoms with Crippen LogP contribution in [-0.2, 0) is 20.8 Å². The molecule has 2 aromatic heterocycles. The van der Waals surface area contributed by atoms with Crippen molar-refractivity contribution in [2.24, 2.45) is 0 Å². The lowest BCUT2D eigenvalue weighted by Gasteiger charge is -2.26. The fourth-order valence-electron chi connectivity index (χ4n) is 2.99. The van der Waals surface area contributed by atoms with Gasteiger partial charge in [0.1, 0.15) is 5.01 Å². The molecule has 1 N–H and O–H groups in total. The molecule has 3 heterocycles.